The highest BCUT2D eigenvalue weighted by atomic mass is 35.5. The number of likely N-dealkylation sites (N-methyl/N-ethyl adjacent to an activating group) is 1. The third-order valence-corrected chi connectivity index (χ3v) is 8.50. The first-order valence-electron chi connectivity index (χ1n) is 12.8. The van der Waals surface area contributed by atoms with Gasteiger partial charge in [0.05, 0.1) is 63.4 Å². The van der Waals surface area contributed by atoms with Gasteiger partial charge in [0.1, 0.15) is 11.4 Å². The van der Waals surface area contributed by atoms with Gasteiger partial charge in [-0.3, -0.25) is 9.59 Å². The number of aryl methyl sites for hydroxylation is 1. The Morgan fingerprint density at radius 2 is 1.61 bits per heavy atom. The molecule has 0 aliphatic carbocycles. The van der Waals surface area contributed by atoms with E-state index in [4.69, 9.17) is 35.3 Å². The molecule has 12 heteroatoms. The number of halogens is 1. The van der Waals surface area contributed by atoms with Crippen LogP contribution in [0.4, 0.5) is 11.4 Å². The van der Waals surface area contributed by atoms with Gasteiger partial charge in [0.2, 0.25) is 11.5 Å². The van der Waals surface area contributed by atoms with E-state index in [0.29, 0.717) is 68.5 Å². The minimum absolute atomic E-state index is 0.193. The Balaban J connectivity index is 1.70. The van der Waals surface area contributed by atoms with Crippen molar-refractivity contribution < 1.29 is 38.1 Å². The summed E-state index contributed by atoms with van der Waals surface area (Å²) in [4.78, 5) is 44.1. The van der Waals surface area contributed by atoms with Gasteiger partial charge in [-0.2, -0.15) is 0 Å². The van der Waals surface area contributed by atoms with Crippen molar-refractivity contribution in [2.45, 2.75) is 24.3 Å². The number of hydrogen-bond donors (Lipinski definition) is 0. The number of Topliss-reactive ketones (excluding diaryl/α,β-unsaturated/α-hetero) is 1. The Hall–Kier alpha value is -4.12. The maximum Gasteiger partial charge on any atom is 0.339 e. The molecule has 0 bridgehead atoms. The quantitative estimate of drug-likeness (QED) is 0.243. The Bertz CT molecular complexity index is 1620. The van der Waals surface area contributed by atoms with Crippen LogP contribution in [0.1, 0.15) is 33.3 Å². The van der Waals surface area contributed by atoms with Gasteiger partial charge >= 0.3 is 5.97 Å². The summed E-state index contributed by atoms with van der Waals surface area (Å²) in [5, 5.41) is 0.221. The van der Waals surface area contributed by atoms with E-state index in [1.165, 1.54) is 42.5 Å². The minimum Gasteiger partial charge on any atom is -0.494 e. The van der Waals surface area contributed by atoms with E-state index in [1.807, 2.05) is 0 Å². The molecule has 2 unspecified atom stereocenters. The zero-order valence-electron chi connectivity index (χ0n) is 24.2. The maximum atomic E-state index is 14.3. The van der Waals surface area contributed by atoms with Gasteiger partial charge in [-0.25, -0.2) is 4.79 Å². The summed E-state index contributed by atoms with van der Waals surface area (Å²) in [6, 6.07) is 5.24. The number of aromatic nitrogens is 1. The van der Waals surface area contributed by atoms with E-state index in [0.717, 1.165) is 0 Å². The third-order valence-electron chi connectivity index (χ3n) is 8.21. The molecule has 1 amide bonds. The molecule has 218 valence electrons. The molecule has 1 aromatic heterocycles. The number of amides is 1. The number of carbonyl (C=O) groups is 3. The van der Waals surface area contributed by atoms with Gasteiger partial charge in [-0.1, -0.05) is 0 Å². The van der Waals surface area contributed by atoms with E-state index >= 15 is 0 Å². The first-order valence-corrected chi connectivity index (χ1v) is 13.3. The van der Waals surface area contributed by atoms with Crippen LogP contribution in [0.25, 0.3) is 10.9 Å². The standard InChI is InChI=1S/C29H32ClN3O8/c1-29(28(36)41-8)26(34)21-16-11-15(30)13-33(17(16)12-19(37-4)23(21)32(29)3)27(35)18-9-14-10-20(38-5)24(39-6)25(40-7)22(14)31(18)2/h9-10,12,15H,11,13H2,1-8H3. The Morgan fingerprint density at radius 3 is 2.20 bits per heavy atom. The zero-order chi connectivity index (χ0) is 30.0. The van der Waals surface area contributed by atoms with Crippen LogP contribution in [0, 0.1) is 0 Å². The van der Waals surface area contributed by atoms with Crippen molar-refractivity contribution in [3.63, 3.8) is 0 Å². The topological polar surface area (TPSA) is 109 Å². The number of alkyl halides is 1. The largest absolute Gasteiger partial charge is 0.494 e. The second-order valence-corrected chi connectivity index (χ2v) is 10.8. The summed E-state index contributed by atoms with van der Waals surface area (Å²) in [6.45, 7) is 1.71. The fraction of sp³-hybridized carbons (Fsp3) is 0.414. The molecule has 0 N–H and O–H groups in total. The Kier molecular flexibility index (Phi) is 6.97. The second-order valence-electron chi connectivity index (χ2n) is 10.1. The van der Waals surface area contributed by atoms with E-state index < -0.39 is 22.7 Å². The van der Waals surface area contributed by atoms with Crippen LogP contribution in [0.2, 0.25) is 0 Å². The molecule has 0 saturated carbocycles. The highest BCUT2D eigenvalue weighted by Gasteiger charge is 2.56. The smallest absolute Gasteiger partial charge is 0.339 e. The molecule has 3 heterocycles. The van der Waals surface area contributed by atoms with Crippen molar-refractivity contribution in [1.29, 1.82) is 0 Å². The molecule has 0 saturated heterocycles. The molecule has 5 rings (SSSR count). The first kappa shape index (κ1) is 28.4. The van der Waals surface area contributed by atoms with Crippen molar-refractivity contribution in [2.75, 3.05) is 58.9 Å². The van der Waals surface area contributed by atoms with E-state index in [9.17, 15) is 14.4 Å². The molecular formula is C29H32ClN3O8. The fourth-order valence-corrected chi connectivity index (χ4v) is 6.29. The van der Waals surface area contributed by atoms with E-state index in [-0.39, 0.29) is 12.5 Å². The molecular weight excluding hydrogens is 554 g/mol. The van der Waals surface area contributed by atoms with Crippen LogP contribution in [-0.4, -0.2) is 82.3 Å². The maximum absolute atomic E-state index is 14.3. The molecule has 2 atom stereocenters. The van der Waals surface area contributed by atoms with Crippen LogP contribution in [-0.2, 0) is 23.0 Å². The van der Waals surface area contributed by atoms with Gasteiger partial charge in [-0.15, -0.1) is 11.6 Å². The number of ketones is 1. The lowest BCUT2D eigenvalue weighted by molar-refractivity contribution is -0.144. The molecule has 11 nitrogen and oxygen atoms in total. The zero-order valence-corrected chi connectivity index (χ0v) is 25.0. The Morgan fingerprint density at radius 1 is 0.951 bits per heavy atom. The van der Waals surface area contributed by atoms with Crippen molar-refractivity contribution >= 4 is 51.5 Å². The van der Waals surface area contributed by atoms with E-state index in [2.05, 4.69) is 0 Å². The van der Waals surface area contributed by atoms with Crippen molar-refractivity contribution in [1.82, 2.24) is 4.57 Å². The van der Waals surface area contributed by atoms with Crippen molar-refractivity contribution in [3.8, 4) is 23.0 Å². The monoisotopic (exact) mass is 585 g/mol. The molecule has 2 aromatic carbocycles. The average Bonchev–Trinajstić information content (AvgIpc) is 3.41. The van der Waals surface area contributed by atoms with Gasteiger partial charge in [0.25, 0.3) is 5.91 Å². The summed E-state index contributed by atoms with van der Waals surface area (Å²) in [5.41, 5.74) is 1.22. The molecule has 2 aliphatic heterocycles. The number of benzene rings is 2. The molecule has 0 fully saturated rings. The molecule has 0 spiro atoms. The summed E-state index contributed by atoms with van der Waals surface area (Å²) in [5.74, 6) is 0.161. The number of ether oxygens (including phenoxy) is 5. The molecule has 3 aromatic rings. The van der Waals surface area contributed by atoms with Gasteiger partial charge < -0.3 is 38.1 Å². The van der Waals surface area contributed by atoms with Crippen molar-refractivity contribution in [2.24, 2.45) is 7.05 Å². The number of esters is 1. The Labute approximate surface area is 242 Å². The number of rotatable bonds is 6. The van der Waals surface area contributed by atoms with E-state index in [1.54, 1.807) is 46.7 Å². The molecule has 2 aliphatic rings. The van der Waals surface area contributed by atoms with Gasteiger partial charge in [-0.05, 0) is 31.0 Å². The first-order chi connectivity index (χ1) is 19.5. The highest BCUT2D eigenvalue weighted by Crippen LogP contribution is 2.51. The molecule has 41 heavy (non-hydrogen) atoms. The molecule has 0 radical (unpaired) electrons. The number of fused-ring (bicyclic) bond motifs is 4. The van der Waals surface area contributed by atoms with Crippen LogP contribution in [0.5, 0.6) is 23.0 Å². The summed E-state index contributed by atoms with van der Waals surface area (Å²) in [6.07, 6.45) is 0.321. The van der Waals surface area contributed by atoms with Gasteiger partial charge in [0.15, 0.2) is 17.0 Å². The van der Waals surface area contributed by atoms with Crippen LogP contribution in [0.15, 0.2) is 18.2 Å². The average molecular weight is 586 g/mol. The van der Waals surface area contributed by atoms with Crippen LogP contribution in [0.3, 0.4) is 0 Å². The predicted molar refractivity (Wildman–Crippen MR) is 154 cm³/mol. The normalized spacial score (nSPS) is 19.6. The summed E-state index contributed by atoms with van der Waals surface area (Å²) < 4.78 is 29.1. The number of hydrogen-bond acceptors (Lipinski definition) is 9. The lowest BCUT2D eigenvalue weighted by Gasteiger charge is -2.34. The number of carbonyl (C=O) groups excluding carboxylic acids is 3. The van der Waals surface area contributed by atoms with Crippen LogP contribution >= 0.6 is 11.6 Å². The SMILES string of the molecule is COC(=O)C1(C)C(=O)c2c3c(cc(OC)c2N1C)N(C(=O)c1cc2cc(OC)c(OC)c(OC)c2n1C)CC(Cl)C3. The fourth-order valence-electron chi connectivity index (χ4n) is 6.00. The summed E-state index contributed by atoms with van der Waals surface area (Å²) >= 11 is 6.73. The van der Waals surface area contributed by atoms with Gasteiger partial charge in [0, 0.05) is 32.1 Å². The minimum atomic E-state index is -1.60. The second kappa shape index (κ2) is 10.1. The summed E-state index contributed by atoms with van der Waals surface area (Å²) in [7, 11) is 10.7. The number of anilines is 2. The highest BCUT2D eigenvalue weighted by molar-refractivity contribution is 6.28. The third kappa shape index (κ3) is 3.82. The lowest BCUT2D eigenvalue weighted by Crippen LogP contribution is -2.53. The number of nitrogens with zero attached hydrogens (tertiary/aromatic N) is 3. The van der Waals surface area contributed by atoms with Crippen LogP contribution < -0.4 is 28.7 Å². The van der Waals surface area contributed by atoms with Crippen molar-refractivity contribution in [3.05, 3.63) is 35.0 Å². The lowest BCUT2D eigenvalue weighted by atomic mass is 9.88. The predicted octanol–water partition coefficient (Wildman–Crippen LogP) is 3.59. The number of methoxy groups -OCH3 is 5.